The van der Waals surface area contributed by atoms with Gasteiger partial charge < -0.3 is 9.47 Å². The summed E-state index contributed by atoms with van der Waals surface area (Å²) in [6.45, 7) is 2.55. The predicted octanol–water partition coefficient (Wildman–Crippen LogP) is 4.44. The summed E-state index contributed by atoms with van der Waals surface area (Å²) in [7, 11) is 1.35. The first-order chi connectivity index (χ1) is 13.2. The van der Waals surface area contributed by atoms with Crippen LogP contribution in [0.25, 0.3) is 11.3 Å². The summed E-state index contributed by atoms with van der Waals surface area (Å²) in [5.41, 5.74) is 5.19. The highest BCUT2D eigenvalue weighted by atomic mass is 32.1. The number of anilines is 1. The van der Waals surface area contributed by atoms with Gasteiger partial charge in [0.25, 0.3) is 0 Å². The fraction of sp³-hybridized carbons (Fsp3) is 0.150. The molecule has 0 radical (unpaired) electrons. The molecule has 1 aromatic heterocycles. The van der Waals surface area contributed by atoms with Crippen LogP contribution in [0.5, 0.6) is 5.75 Å². The van der Waals surface area contributed by atoms with Gasteiger partial charge in [0.15, 0.2) is 0 Å². The zero-order chi connectivity index (χ0) is 19.1. The van der Waals surface area contributed by atoms with E-state index in [1.54, 1.807) is 6.21 Å². The Morgan fingerprint density at radius 3 is 2.78 bits per heavy atom. The van der Waals surface area contributed by atoms with Gasteiger partial charge in [0.1, 0.15) is 10.6 Å². The number of esters is 1. The molecule has 2 aromatic carbocycles. The van der Waals surface area contributed by atoms with Gasteiger partial charge in [-0.15, -0.1) is 0 Å². The monoisotopic (exact) mass is 381 g/mol. The minimum atomic E-state index is -0.423. The lowest BCUT2D eigenvalue weighted by molar-refractivity contribution is 0.0607. The Hall–Kier alpha value is -3.19. The molecule has 27 heavy (non-hydrogen) atoms. The Morgan fingerprint density at radius 1 is 1.22 bits per heavy atom. The number of hydrazone groups is 1. The van der Waals surface area contributed by atoms with E-state index in [2.05, 4.69) is 15.5 Å². The molecule has 0 unspecified atom stereocenters. The second-order valence-corrected chi connectivity index (χ2v) is 6.43. The lowest BCUT2D eigenvalue weighted by Crippen LogP contribution is -2.00. The summed E-state index contributed by atoms with van der Waals surface area (Å²) in [5, 5.41) is 4.72. The van der Waals surface area contributed by atoms with Crippen molar-refractivity contribution in [3.63, 3.8) is 0 Å². The van der Waals surface area contributed by atoms with Crippen LogP contribution in [-0.4, -0.2) is 30.9 Å². The Morgan fingerprint density at radius 2 is 2.04 bits per heavy atom. The Kier molecular flexibility index (Phi) is 6.17. The number of hydrogen-bond donors (Lipinski definition) is 1. The van der Waals surface area contributed by atoms with Gasteiger partial charge >= 0.3 is 5.97 Å². The molecule has 0 saturated carbocycles. The molecule has 0 bridgehead atoms. The second kappa shape index (κ2) is 8.95. The zero-order valence-corrected chi connectivity index (χ0v) is 15.8. The van der Waals surface area contributed by atoms with Gasteiger partial charge in [-0.3, -0.25) is 5.43 Å². The maximum absolute atomic E-state index is 12.1. The predicted molar refractivity (Wildman–Crippen MR) is 108 cm³/mol. The van der Waals surface area contributed by atoms with Gasteiger partial charge in [-0.05, 0) is 24.6 Å². The van der Waals surface area contributed by atoms with E-state index >= 15 is 0 Å². The fourth-order valence-corrected chi connectivity index (χ4v) is 3.26. The van der Waals surface area contributed by atoms with Crippen LogP contribution in [0, 0.1) is 0 Å². The second-order valence-electron chi connectivity index (χ2n) is 5.43. The Bertz CT molecular complexity index is 939. The van der Waals surface area contributed by atoms with Crippen LogP contribution in [-0.2, 0) is 4.74 Å². The molecule has 0 aliphatic heterocycles. The van der Waals surface area contributed by atoms with Crippen LogP contribution < -0.4 is 10.2 Å². The summed E-state index contributed by atoms with van der Waals surface area (Å²) < 4.78 is 10.3. The maximum Gasteiger partial charge on any atom is 0.350 e. The van der Waals surface area contributed by atoms with E-state index in [1.165, 1.54) is 18.4 Å². The smallest absolute Gasteiger partial charge is 0.350 e. The number of carbonyl (C=O) groups is 1. The number of nitrogens with one attached hydrogen (secondary N) is 1. The van der Waals surface area contributed by atoms with E-state index in [4.69, 9.17) is 9.47 Å². The first-order valence-corrected chi connectivity index (χ1v) is 9.19. The number of rotatable bonds is 7. The lowest BCUT2D eigenvalue weighted by Gasteiger charge is -2.02. The lowest BCUT2D eigenvalue weighted by atomic mass is 10.1. The SMILES string of the molecule is CCOc1cccc(/C=N\Nc2nc(-c3ccccc3)c(C(=O)OC)s2)c1. The molecular weight excluding hydrogens is 362 g/mol. The minimum absolute atomic E-state index is 0.423. The molecule has 0 atom stereocenters. The Balaban J connectivity index is 1.80. The summed E-state index contributed by atoms with van der Waals surface area (Å²) in [5.74, 6) is 0.364. The average molecular weight is 381 g/mol. The third kappa shape index (κ3) is 4.71. The average Bonchev–Trinajstić information content (AvgIpc) is 3.13. The molecule has 0 spiro atoms. The first-order valence-electron chi connectivity index (χ1n) is 8.37. The molecule has 0 fully saturated rings. The van der Waals surface area contributed by atoms with Gasteiger partial charge in [-0.25, -0.2) is 9.78 Å². The largest absolute Gasteiger partial charge is 0.494 e. The van der Waals surface area contributed by atoms with Crippen LogP contribution in [0.3, 0.4) is 0 Å². The van der Waals surface area contributed by atoms with Gasteiger partial charge in [-0.1, -0.05) is 53.8 Å². The molecule has 0 amide bonds. The number of benzene rings is 2. The first kappa shape index (κ1) is 18.6. The van der Waals surface area contributed by atoms with Crippen molar-refractivity contribution in [1.29, 1.82) is 0 Å². The highest BCUT2D eigenvalue weighted by molar-refractivity contribution is 7.17. The fourth-order valence-electron chi connectivity index (χ4n) is 2.40. The van der Waals surface area contributed by atoms with Crippen LogP contribution in [0.15, 0.2) is 59.7 Å². The van der Waals surface area contributed by atoms with E-state index in [9.17, 15) is 4.79 Å². The summed E-state index contributed by atoms with van der Waals surface area (Å²) in [6.07, 6.45) is 1.67. The van der Waals surface area contributed by atoms with E-state index in [0.29, 0.717) is 22.3 Å². The van der Waals surface area contributed by atoms with Gasteiger partial charge in [0.05, 0.1) is 25.6 Å². The van der Waals surface area contributed by atoms with Crippen molar-refractivity contribution in [3.05, 3.63) is 65.0 Å². The molecule has 0 aliphatic rings. The van der Waals surface area contributed by atoms with Crippen molar-refractivity contribution in [2.75, 3.05) is 19.1 Å². The normalized spacial score (nSPS) is 10.7. The maximum atomic E-state index is 12.1. The number of methoxy groups -OCH3 is 1. The molecule has 3 aromatic rings. The molecule has 1 heterocycles. The van der Waals surface area contributed by atoms with Crippen molar-refractivity contribution in [2.45, 2.75) is 6.92 Å². The molecule has 0 saturated heterocycles. The van der Waals surface area contributed by atoms with Crippen LogP contribution in [0.2, 0.25) is 0 Å². The third-order valence-corrected chi connectivity index (χ3v) is 4.53. The zero-order valence-electron chi connectivity index (χ0n) is 15.0. The van der Waals surface area contributed by atoms with Crippen molar-refractivity contribution in [3.8, 4) is 17.0 Å². The number of carbonyl (C=O) groups excluding carboxylic acids is 1. The molecule has 1 N–H and O–H groups in total. The standard InChI is InChI=1S/C20H19N3O3S/c1-3-26-16-11-7-8-14(12-16)13-21-23-20-22-17(15-9-5-4-6-10-15)18(27-20)19(24)25-2/h4-13H,3H2,1-2H3,(H,22,23)/b21-13-. The van der Waals surface area contributed by atoms with Gasteiger partial charge in [0.2, 0.25) is 5.13 Å². The highest BCUT2D eigenvalue weighted by Gasteiger charge is 2.19. The molecule has 3 rings (SSSR count). The molecule has 7 heteroatoms. The molecule has 0 aliphatic carbocycles. The summed E-state index contributed by atoms with van der Waals surface area (Å²) >= 11 is 1.20. The summed E-state index contributed by atoms with van der Waals surface area (Å²) in [6, 6.07) is 17.1. The van der Waals surface area contributed by atoms with Crippen LogP contribution >= 0.6 is 11.3 Å². The molecule has 6 nitrogen and oxygen atoms in total. The van der Waals surface area contributed by atoms with E-state index in [0.717, 1.165) is 16.9 Å². The highest BCUT2D eigenvalue weighted by Crippen LogP contribution is 2.31. The van der Waals surface area contributed by atoms with Gasteiger partial charge in [0, 0.05) is 5.56 Å². The number of ether oxygens (including phenoxy) is 2. The van der Waals surface area contributed by atoms with E-state index in [-0.39, 0.29) is 0 Å². The Labute approximate surface area is 161 Å². The number of thiazole rings is 1. The summed E-state index contributed by atoms with van der Waals surface area (Å²) in [4.78, 5) is 17.0. The number of aromatic nitrogens is 1. The van der Waals surface area contributed by atoms with Crippen molar-refractivity contribution < 1.29 is 14.3 Å². The third-order valence-electron chi connectivity index (χ3n) is 3.59. The van der Waals surface area contributed by atoms with Crippen LogP contribution in [0.4, 0.5) is 5.13 Å². The van der Waals surface area contributed by atoms with E-state index < -0.39 is 5.97 Å². The van der Waals surface area contributed by atoms with E-state index in [1.807, 2.05) is 61.5 Å². The molecular formula is C20H19N3O3S. The van der Waals surface area contributed by atoms with Gasteiger partial charge in [-0.2, -0.15) is 5.10 Å². The quantitative estimate of drug-likeness (QED) is 0.372. The minimum Gasteiger partial charge on any atom is -0.494 e. The van der Waals surface area contributed by atoms with Crippen molar-refractivity contribution >= 4 is 28.7 Å². The molecule has 138 valence electrons. The van der Waals surface area contributed by atoms with Crippen molar-refractivity contribution in [2.24, 2.45) is 5.10 Å². The van der Waals surface area contributed by atoms with Crippen LogP contribution in [0.1, 0.15) is 22.2 Å². The topological polar surface area (TPSA) is 72.8 Å². The number of nitrogens with zero attached hydrogens (tertiary/aromatic N) is 2. The van der Waals surface area contributed by atoms with Crippen molar-refractivity contribution in [1.82, 2.24) is 4.98 Å². The number of hydrogen-bond acceptors (Lipinski definition) is 7.